The van der Waals surface area contributed by atoms with Crippen LogP contribution < -0.4 is 4.90 Å². The van der Waals surface area contributed by atoms with Crippen molar-refractivity contribution in [2.45, 2.75) is 82.0 Å². The lowest BCUT2D eigenvalue weighted by Gasteiger charge is -2.55. The standard InChI is InChI=1S/C52H49N/c1-2-35-32-38-16-12-17-39(33-35)52(38)47-22-9-7-19-43(47)45-20-13-23-49(50(45)52)53(40-26-24-37(25-27-40)36-14-4-3-5-15-36)41-28-29-44-42-18-6-8-21-46(42)51(48(44)34-41)30-10-11-31-51/h3-9,13-15,18-29,34-35,38-39H,2,10-12,16-17,30-33H2,1H3. The lowest BCUT2D eigenvalue weighted by molar-refractivity contribution is 0.0495. The Kier molecular flexibility index (Phi) is 7.20. The van der Waals surface area contributed by atoms with Crippen molar-refractivity contribution in [1.82, 2.24) is 0 Å². The first kappa shape index (κ1) is 31.6. The third-order valence-corrected chi connectivity index (χ3v) is 14.8. The van der Waals surface area contributed by atoms with Gasteiger partial charge in [-0.1, -0.05) is 142 Å². The largest absolute Gasteiger partial charge is 0.310 e. The summed E-state index contributed by atoms with van der Waals surface area (Å²) in [5, 5.41) is 0. The highest BCUT2D eigenvalue weighted by Gasteiger charge is 2.58. The lowest BCUT2D eigenvalue weighted by Crippen LogP contribution is -2.50. The molecule has 2 bridgehead atoms. The summed E-state index contributed by atoms with van der Waals surface area (Å²) in [5.41, 5.74) is 18.8. The molecule has 2 atom stereocenters. The van der Waals surface area contributed by atoms with Gasteiger partial charge >= 0.3 is 0 Å². The Bertz CT molecular complexity index is 2330. The molecule has 6 aromatic carbocycles. The van der Waals surface area contributed by atoms with Crippen molar-refractivity contribution in [2.75, 3.05) is 4.90 Å². The Morgan fingerprint density at radius 1 is 0.528 bits per heavy atom. The molecular weight excluding hydrogens is 639 g/mol. The topological polar surface area (TPSA) is 3.24 Å². The van der Waals surface area contributed by atoms with Crippen molar-refractivity contribution in [1.29, 1.82) is 0 Å². The number of rotatable bonds is 5. The van der Waals surface area contributed by atoms with Gasteiger partial charge in [0.2, 0.25) is 0 Å². The van der Waals surface area contributed by atoms with Gasteiger partial charge in [0.1, 0.15) is 0 Å². The van der Waals surface area contributed by atoms with Gasteiger partial charge in [0.05, 0.1) is 5.69 Å². The molecule has 2 unspecified atom stereocenters. The maximum absolute atomic E-state index is 2.68. The Morgan fingerprint density at radius 2 is 1.13 bits per heavy atom. The Balaban J connectivity index is 1.16. The summed E-state index contributed by atoms with van der Waals surface area (Å²) < 4.78 is 0. The van der Waals surface area contributed by atoms with Gasteiger partial charge in [0, 0.05) is 22.2 Å². The Hall–Kier alpha value is -4.88. The monoisotopic (exact) mass is 687 g/mol. The second-order valence-electron chi connectivity index (χ2n) is 17.0. The summed E-state index contributed by atoms with van der Waals surface area (Å²) >= 11 is 0. The molecule has 5 aliphatic carbocycles. The van der Waals surface area contributed by atoms with Crippen molar-refractivity contribution in [3.05, 3.63) is 162 Å². The third kappa shape index (κ3) is 4.43. The summed E-state index contributed by atoms with van der Waals surface area (Å²) in [7, 11) is 0. The molecule has 0 aliphatic heterocycles. The predicted molar refractivity (Wildman–Crippen MR) is 221 cm³/mol. The number of hydrogen-bond acceptors (Lipinski definition) is 1. The van der Waals surface area contributed by atoms with Gasteiger partial charge in [-0.2, -0.15) is 0 Å². The van der Waals surface area contributed by atoms with Crippen LogP contribution in [0.4, 0.5) is 17.1 Å². The summed E-state index contributed by atoms with van der Waals surface area (Å²) in [6, 6.07) is 54.0. The van der Waals surface area contributed by atoms with E-state index in [4.69, 9.17) is 0 Å². The van der Waals surface area contributed by atoms with Gasteiger partial charge in [-0.05, 0) is 142 Å². The molecule has 0 aromatic heterocycles. The second kappa shape index (κ2) is 12.1. The van der Waals surface area contributed by atoms with Crippen LogP contribution in [-0.4, -0.2) is 0 Å². The average Bonchev–Trinajstić information content (AvgIpc) is 3.89. The highest BCUT2D eigenvalue weighted by molar-refractivity contribution is 5.93. The minimum Gasteiger partial charge on any atom is -0.310 e. The van der Waals surface area contributed by atoms with Crippen LogP contribution in [0.5, 0.6) is 0 Å². The number of hydrogen-bond donors (Lipinski definition) is 0. The van der Waals surface area contributed by atoms with E-state index in [0.29, 0.717) is 11.8 Å². The average molecular weight is 688 g/mol. The molecule has 0 heterocycles. The fraction of sp³-hybridized carbons (Fsp3) is 0.308. The molecule has 5 aliphatic rings. The molecule has 262 valence electrons. The summed E-state index contributed by atoms with van der Waals surface area (Å²) in [6.45, 7) is 2.43. The number of anilines is 3. The van der Waals surface area contributed by atoms with Gasteiger partial charge in [-0.3, -0.25) is 0 Å². The zero-order chi connectivity index (χ0) is 35.1. The van der Waals surface area contributed by atoms with Crippen LogP contribution in [0.15, 0.2) is 140 Å². The van der Waals surface area contributed by atoms with Gasteiger partial charge < -0.3 is 4.90 Å². The van der Waals surface area contributed by atoms with Gasteiger partial charge in [0.15, 0.2) is 0 Å². The van der Waals surface area contributed by atoms with E-state index in [9.17, 15) is 0 Å². The van der Waals surface area contributed by atoms with Crippen molar-refractivity contribution in [2.24, 2.45) is 17.8 Å². The van der Waals surface area contributed by atoms with Gasteiger partial charge in [-0.15, -0.1) is 0 Å². The summed E-state index contributed by atoms with van der Waals surface area (Å²) in [6.07, 6.45) is 13.1. The van der Waals surface area contributed by atoms with Crippen molar-refractivity contribution >= 4 is 17.1 Å². The maximum Gasteiger partial charge on any atom is 0.0509 e. The zero-order valence-corrected chi connectivity index (χ0v) is 31.0. The van der Waals surface area contributed by atoms with E-state index in [2.05, 4.69) is 151 Å². The lowest BCUT2D eigenvalue weighted by atomic mass is 9.48. The molecule has 0 N–H and O–H groups in total. The first-order valence-corrected chi connectivity index (χ1v) is 20.6. The van der Waals surface area contributed by atoms with E-state index in [0.717, 1.165) is 5.92 Å². The van der Waals surface area contributed by atoms with E-state index >= 15 is 0 Å². The van der Waals surface area contributed by atoms with Crippen molar-refractivity contribution < 1.29 is 0 Å². The van der Waals surface area contributed by atoms with Crippen molar-refractivity contribution in [3.8, 4) is 33.4 Å². The first-order valence-electron chi connectivity index (χ1n) is 20.6. The van der Waals surface area contributed by atoms with Crippen LogP contribution in [-0.2, 0) is 10.8 Å². The molecule has 11 rings (SSSR count). The molecule has 1 nitrogen and oxygen atoms in total. The SMILES string of the molecule is CCC1CC2CCCC(C1)C21c2ccccc2-c2cccc(N(c3ccc(-c4ccccc4)cc3)c3ccc4c(c3)C3(CCCC3)c3ccccc3-4)c21. The summed E-state index contributed by atoms with van der Waals surface area (Å²) in [4.78, 5) is 2.68. The molecule has 3 fully saturated rings. The minimum absolute atomic E-state index is 0.0499. The zero-order valence-electron chi connectivity index (χ0n) is 31.0. The van der Waals surface area contributed by atoms with Crippen LogP contribution in [0, 0.1) is 17.8 Å². The van der Waals surface area contributed by atoms with Crippen molar-refractivity contribution in [3.63, 3.8) is 0 Å². The Labute approximate surface area is 315 Å². The molecule has 3 saturated carbocycles. The number of benzene rings is 6. The fourth-order valence-electron chi connectivity index (χ4n) is 12.6. The van der Waals surface area contributed by atoms with Crippen LogP contribution in [0.2, 0.25) is 0 Å². The Morgan fingerprint density at radius 3 is 1.87 bits per heavy atom. The highest BCUT2D eigenvalue weighted by atomic mass is 15.1. The van der Waals surface area contributed by atoms with Crippen LogP contribution in [0.3, 0.4) is 0 Å². The molecule has 0 saturated heterocycles. The number of fused-ring (bicyclic) bond motifs is 8. The molecule has 53 heavy (non-hydrogen) atoms. The van der Waals surface area contributed by atoms with E-state index < -0.39 is 0 Å². The van der Waals surface area contributed by atoms with E-state index in [1.807, 2.05) is 0 Å². The van der Waals surface area contributed by atoms with E-state index in [1.165, 1.54) is 115 Å². The molecule has 2 spiro atoms. The molecule has 0 amide bonds. The van der Waals surface area contributed by atoms with Crippen LogP contribution >= 0.6 is 0 Å². The molecule has 1 heteroatoms. The number of nitrogens with zero attached hydrogens (tertiary/aromatic N) is 1. The molecular formula is C52H49N. The van der Waals surface area contributed by atoms with Crippen LogP contribution in [0.25, 0.3) is 33.4 Å². The normalized spacial score (nSPS) is 24.1. The van der Waals surface area contributed by atoms with Gasteiger partial charge in [-0.25, -0.2) is 0 Å². The van der Waals surface area contributed by atoms with E-state index in [1.54, 1.807) is 22.3 Å². The maximum atomic E-state index is 2.68. The smallest absolute Gasteiger partial charge is 0.0509 e. The molecule has 0 radical (unpaired) electrons. The van der Waals surface area contributed by atoms with E-state index in [-0.39, 0.29) is 10.8 Å². The quantitative estimate of drug-likeness (QED) is 0.174. The minimum atomic E-state index is 0.0499. The van der Waals surface area contributed by atoms with Crippen LogP contribution in [0.1, 0.15) is 93.4 Å². The van der Waals surface area contributed by atoms with Gasteiger partial charge in [0.25, 0.3) is 0 Å². The second-order valence-corrected chi connectivity index (χ2v) is 17.0. The molecule has 6 aromatic rings. The summed E-state index contributed by atoms with van der Waals surface area (Å²) in [5.74, 6) is 2.17. The highest BCUT2D eigenvalue weighted by Crippen LogP contribution is 2.68. The predicted octanol–water partition coefficient (Wildman–Crippen LogP) is 14.2. The first-order chi connectivity index (χ1) is 26.2. The third-order valence-electron chi connectivity index (χ3n) is 14.8. The fourth-order valence-corrected chi connectivity index (χ4v) is 12.6.